The van der Waals surface area contributed by atoms with E-state index in [4.69, 9.17) is 9.84 Å². The molecule has 0 fully saturated rings. The molecule has 1 aromatic carbocycles. The Labute approximate surface area is 134 Å². The second-order valence-electron chi connectivity index (χ2n) is 5.94. The van der Waals surface area contributed by atoms with Crippen LogP contribution in [0.15, 0.2) is 42.6 Å². The molecule has 120 valence electrons. The Bertz CT molecular complexity index is 735. The summed E-state index contributed by atoms with van der Waals surface area (Å²) in [6.45, 7) is 5.36. The highest BCUT2D eigenvalue weighted by Gasteiger charge is 2.16. The third-order valence-corrected chi connectivity index (χ3v) is 2.82. The van der Waals surface area contributed by atoms with Gasteiger partial charge < -0.3 is 9.84 Å². The highest BCUT2D eigenvalue weighted by atomic mass is 16.6. The molecule has 0 aliphatic carbocycles. The van der Waals surface area contributed by atoms with Crippen LogP contribution in [0.25, 0.3) is 11.1 Å². The van der Waals surface area contributed by atoms with E-state index in [2.05, 4.69) is 10.3 Å². The summed E-state index contributed by atoms with van der Waals surface area (Å²) in [4.78, 5) is 26.6. The predicted molar refractivity (Wildman–Crippen MR) is 86.5 cm³/mol. The molecule has 0 spiro atoms. The van der Waals surface area contributed by atoms with Crippen molar-refractivity contribution < 1.29 is 19.4 Å². The van der Waals surface area contributed by atoms with Crippen LogP contribution < -0.4 is 5.32 Å². The highest BCUT2D eigenvalue weighted by Crippen LogP contribution is 2.23. The molecule has 0 radical (unpaired) electrons. The molecule has 2 aromatic rings. The number of aromatic nitrogens is 1. The Morgan fingerprint density at radius 3 is 2.48 bits per heavy atom. The molecule has 0 saturated carbocycles. The summed E-state index contributed by atoms with van der Waals surface area (Å²) >= 11 is 0. The molecule has 6 nitrogen and oxygen atoms in total. The fraction of sp³-hybridized carbons (Fsp3) is 0.235. The first-order chi connectivity index (χ1) is 10.7. The average molecular weight is 314 g/mol. The second-order valence-corrected chi connectivity index (χ2v) is 5.94. The van der Waals surface area contributed by atoms with Crippen molar-refractivity contribution in [1.29, 1.82) is 0 Å². The molecule has 0 aliphatic heterocycles. The third-order valence-electron chi connectivity index (χ3n) is 2.82. The number of nitrogens with one attached hydrogen (secondary N) is 1. The SMILES string of the molecule is CC(C)(C)OC(=O)Nc1cccc(-c2ccnc(C(=O)O)c2)c1. The van der Waals surface area contributed by atoms with Gasteiger partial charge in [-0.3, -0.25) is 5.32 Å². The minimum Gasteiger partial charge on any atom is -0.477 e. The maximum absolute atomic E-state index is 11.8. The largest absolute Gasteiger partial charge is 0.477 e. The van der Waals surface area contributed by atoms with Crippen molar-refractivity contribution in [3.63, 3.8) is 0 Å². The summed E-state index contributed by atoms with van der Waals surface area (Å²) in [5.74, 6) is -1.09. The van der Waals surface area contributed by atoms with Gasteiger partial charge in [-0.25, -0.2) is 14.6 Å². The van der Waals surface area contributed by atoms with Crippen molar-refractivity contribution >= 4 is 17.7 Å². The average Bonchev–Trinajstić information content (AvgIpc) is 2.45. The molecule has 2 N–H and O–H groups in total. The molecular weight excluding hydrogens is 296 g/mol. The van der Waals surface area contributed by atoms with Crippen LogP contribution in [-0.4, -0.2) is 27.8 Å². The number of aromatic carboxylic acids is 1. The zero-order chi connectivity index (χ0) is 17.0. The van der Waals surface area contributed by atoms with E-state index in [9.17, 15) is 9.59 Å². The quantitative estimate of drug-likeness (QED) is 0.899. The third kappa shape index (κ3) is 4.81. The number of carboxylic acids is 1. The number of carbonyl (C=O) groups is 2. The zero-order valence-corrected chi connectivity index (χ0v) is 13.2. The summed E-state index contributed by atoms with van der Waals surface area (Å²) in [7, 11) is 0. The lowest BCUT2D eigenvalue weighted by Gasteiger charge is -2.19. The van der Waals surface area contributed by atoms with Crippen LogP contribution >= 0.6 is 0 Å². The molecule has 1 aromatic heterocycles. The molecule has 1 amide bonds. The molecule has 0 aliphatic rings. The van der Waals surface area contributed by atoms with Gasteiger partial charge in [0, 0.05) is 11.9 Å². The summed E-state index contributed by atoms with van der Waals surface area (Å²) in [6, 6.07) is 10.2. The fourth-order valence-corrected chi connectivity index (χ4v) is 1.93. The van der Waals surface area contributed by atoms with Crippen molar-refractivity contribution in [3.8, 4) is 11.1 Å². The standard InChI is InChI=1S/C17H18N2O4/c1-17(2,3)23-16(22)19-13-6-4-5-11(9-13)12-7-8-18-14(10-12)15(20)21/h4-10H,1-3H3,(H,19,22)(H,20,21). The number of nitrogens with zero attached hydrogens (tertiary/aromatic N) is 1. The lowest BCUT2D eigenvalue weighted by Crippen LogP contribution is -2.27. The summed E-state index contributed by atoms with van der Waals surface area (Å²) in [6.07, 6.45) is 0.892. The van der Waals surface area contributed by atoms with E-state index >= 15 is 0 Å². The molecule has 0 atom stereocenters. The number of pyridine rings is 1. The molecule has 0 unspecified atom stereocenters. The van der Waals surface area contributed by atoms with Crippen LogP contribution in [0.2, 0.25) is 0 Å². The molecule has 1 heterocycles. The first-order valence-corrected chi connectivity index (χ1v) is 7.04. The van der Waals surface area contributed by atoms with Crippen LogP contribution in [-0.2, 0) is 4.74 Å². The van der Waals surface area contributed by atoms with Crippen LogP contribution in [0.3, 0.4) is 0 Å². The van der Waals surface area contributed by atoms with Crippen LogP contribution in [0.5, 0.6) is 0 Å². The van der Waals surface area contributed by atoms with E-state index in [1.807, 2.05) is 6.07 Å². The Kier molecular flexibility index (Phi) is 4.64. The Balaban J connectivity index is 2.22. The number of anilines is 1. The first-order valence-electron chi connectivity index (χ1n) is 7.04. The Morgan fingerprint density at radius 2 is 1.83 bits per heavy atom. The van der Waals surface area contributed by atoms with E-state index in [0.29, 0.717) is 11.3 Å². The van der Waals surface area contributed by atoms with Gasteiger partial charge in [0.1, 0.15) is 11.3 Å². The Morgan fingerprint density at radius 1 is 1.13 bits per heavy atom. The highest BCUT2D eigenvalue weighted by molar-refractivity contribution is 5.88. The van der Waals surface area contributed by atoms with Gasteiger partial charge in [-0.2, -0.15) is 0 Å². The van der Waals surface area contributed by atoms with Crippen molar-refractivity contribution in [2.45, 2.75) is 26.4 Å². The lowest BCUT2D eigenvalue weighted by atomic mass is 10.1. The number of hydrogen-bond donors (Lipinski definition) is 2. The number of carbonyl (C=O) groups excluding carboxylic acids is 1. The van der Waals surface area contributed by atoms with Crippen molar-refractivity contribution in [2.75, 3.05) is 5.32 Å². The number of hydrogen-bond acceptors (Lipinski definition) is 4. The topological polar surface area (TPSA) is 88.5 Å². The zero-order valence-electron chi connectivity index (χ0n) is 13.2. The van der Waals surface area contributed by atoms with E-state index in [1.165, 1.54) is 12.3 Å². The van der Waals surface area contributed by atoms with E-state index < -0.39 is 17.7 Å². The van der Waals surface area contributed by atoms with Crippen LogP contribution in [0.4, 0.5) is 10.5 Å². The molecular formula is C17H18N2O4. The number of rotatable bonds is 3. The van der Waals surface area contributed by atoms with Gasteiger partial charge in [-0.15, -0.1) is 0 Å². The van der Waals surface area contributed by atoms with Crippen molar-refractivity contribution in [3.05, 3.63) is 48.3 Å². The molecule has 2 rings (SSSR count). The molecule has 6 heteroatoms. The molecule has 23 heavy (non-hydrogen) atoms. The van der Waals surface area contributed by atoms with E-state index in [0.717, 1.165) is 5.56 Å². The number of amides is 1. The smallest absolute Gasteiger partial charge is 0.412 e. The number of ether oxygens (including phenoxy) is 1. The minimum atomic E-state index is -1.09. The number of benzene rings is 1. The summed E-state index contributed by atoms with van der Waals surface area (Å²) < 4.78 is 5.20. The predicted octanol–water partition coefficient (Wildman–Crippen LogP) is 3.79. The van der Waals surface area contributed by atoms with Gasteiger partial charge in [0.15, 0.2) is 0 Å². The van der Waals surface area contributed by atoms with Gasteiger partial charge in [-0.1, -0.05) is 12.1 Å². The molecule has 0 saturated heterocycles. The molecule has 0 bridgehead atoms. The van der Waals surface area contributed by atoms with Crippen molar-refractivity contribution in [1.82, 2.24) is 4.98 Å². The number of carboxylic acid groups (broad SMARTS) is 1. The summed E-state index contributed by atoms with van der Waals surface area (Å²) in [5.41, 5.74) is 1.41. The lowest BCUT2D eigenvalue weighted by molar-refractivity contribution is 0.0634. The summed E-state index contributed by atoms with van der Waals surface area (Å²) in [5, 5.41) is 11.7. The van der Waals surface area contributed by atoms with Crippen LogP contribution in [0.1, 0.15) is 31.3 Å². The maximum Gasteiger partial charge on any atom is 0.412 e. The second kappa shape index (κ2) is 6.48. The Hall–Kier alpha value is -2.89. The maximum atomic E-state index is 11.8. The van der Waals surface area contributed by atoms with Gasteiger partial charge >= 0.3 is 12.1 Å². The van der Waals surface area contributed by atoms with Gasteiger partial charge in [0.05, 0.1) is 0 Å². The van der Waals surface area contributed by atoms with E-state index in [-0.39, 0.29) is 5.69 Å². The van der Waals surface area contributed by atoms with Gasteiger partial charge in [0.25, 0.3) is 0 Å². The van der Waals surface area contributed by atoms with Gasteiger partial charge in [0.2, 0.25) is 0 Å². The van der Waals surface area contributed by atoms with Crippen LogP contribution in [0, 0.1) is 0 Å². The monoisotopic (exact) mass is 314 g/mol. The van der Waals surface area contributed by atoms with Gasteiger partial charge in [-0.05, 0) is 56.2 Å². The fourth-order valence-electron chi connectivity index (χ4n) is 1.93. The normalized spacial score (nSPS) is 10.9. The van der Waals surface area contributed by atoms with Crippen molar-refractivity contribution in [2.24, 2.45) is 0 Å². The first kappa shape index (κ1) is 16.5. The van der Waals surface area contributed by atoms with E-state index in [1.54, 1.807) is 45.0 Å². The minimum absolute atomic E-state index is 0.0343.